The van der Waals surface area contributed by atoms with E-state index in [2.05, 4.69) is 20.2 Å². The molecule has 0 spiro atoms. The fourth-order valence-electron chi connectivity index (χ4n) is 3.61. The number of nitrogen functional groups attached to an aromatic ring is 1. The number of amides is 1. The second-order valence-electron chi connectivity index (χ2n) is 7.28. The maximum atomic E-state index is 12.3. The molecule has 0 aliphatic carbocycles. The summed E-state index contributed by atoms with van der Waals surface area (Å²) in [4.78, 5) is 24.5. The van der Waals surface area contributed by atoms with Crippen molar-refractivity contribution >= 4 is 56.6 Å². The molecule has 3 N–H and O–H groups in total. The van der Waals surface area contributed by atoms with Gasteiger partial charge in [-0.3, -0.25) is 9.69 Å². The average molecular weight is 480 g/mol. The molecule has 4 rings (SSSR count). The number of aromatic nitrogens is 2. The minimum atomic E-state index is -0.164. The van der Waals surface area contributed by atoms with Crippen molar-refractivity contribution < 1.29 is 9.53 Å². The lowest BCUT2D eigenvalue weighted by molar-refractivity contribution is 0.0960. The van der Waals surface area contributed by atoms with Crippen molar-refractivity contribution in [1.82, 2.24) is 20.2 Å². The summed E-state index contributed by atoms with van der Waals surface area (Å²) in [5.41, 5.74) is 7.12. The fraction of sp³-hybridized carbons (Fsp3) is 0.381. The van der Waals surface area contributed by atoms with Crippen LogP contribution in [0.1, 0.15) is 29.4 Å². The van der Waals surface area contributed by atoms with Gasteiger partial charge in [-0.1, -0.05) is 23.2 Å². The van der Waals surface area contributed by atoms with E-state index in [1.807, 2.05) is 6.92 Å². The third kappa shape index (κ3) is 4.87. The van der Waals surface area contributed by atoms with Gasteiger partial charge in [-0.05, 0) is 51.1 Å². The zero-order valence-corrected chi connectivity index (χ0v) is 19.4. The number of ether oxygens (including phenoxy) is 1. The standard InChI is InChI=1S/C21H23Cl2N5O2S/c1-2-25-19(29)17-10-13-18(26-21(24)27-20(13)31-17)12-9-16(15(23)11-14(12)22)30-8-7-28-5-3-4-6-28/h9-11H,2-8H2,1H3,(H,25,29)(H2,24,26,27). The highest BCUT2D eigenvalue weighted by molar-refractivity contribution is 7.20. The van der Waals surface area contributed by atoms with Gasteiger partial charge < -0.3 is 15.8 Å². The Bertz CT molecular complexity index is 1110. The molecule has 31 heavy (non-hydrogen) atoms. The molecule has 3 heterocycles. The Kier molecular flexibility index (Phi) is 6.81. The van der Waals surface area contributed by atoms with Crippen molar-refractivity contribution in [3.63, 3.8) is 0 Å². The van der Waals surface area contributed by atoms with Crippen molar-refractivity contribution in [2.45, 2.75) is 19.8 Å². The summed E-state index contributed by atoms with van der Waals surface area (Å²) in [5, 5.41) is 4.35. The molecular weight excluding hydrogens is 457 g/mol. The third-order valence-electron chi connectivity index (χ3n) is 5.11. The number of fused-ring (bicyclic) bond motifs is 1. The molecule has 3 aromatic rings. The molecule has 1 amide bonds. The van der Waals surface area contributed by atoms with Gasteiger partial charge in [-0.2, -0.15) is 0 Å². The van der Waals surface area contributed by atoms with Crippen LogP contribution in [0.25, 0.3) is 21.5 Å². The number of hydrogen-bond acceptors (Lipinski definition) is 7. The van der Waals surface area contributed by atoms with Crippen LogP contribution in [-0.4, -0.2) is 53.6 Å². The Morgan fingerprint density at radius 1 is 1.23 bits per heavy atom. The Hall–Kier alpha value is -2.13. The van der Waals surface area contributed by atoms with Crippen LogP contribution in [0, 0.1) is 0 Å². The number of rotatable bonds is 7. The first-order valence-corrected chi connectivity index (χ1v) is 11.7. The Balaban J connectivity index is 1.68. The van der Waals surface area contributed by atoms with Crippen LogP contribution in [0.2, 0.25) is 10.0 Å². The van der Waals surface area contributed by atoms with E-state index in [1.165, 1.54) is 24.2 Å². The average Bonchev–Trinajstić information content (AvgIpc) is 3.39. The lowest BCUT2D eigenvalue weighted by Crippen LogP contribution is -2.25. The first kappa shape index (κ1) is 22.1. The first-order chi connectivity index (χ1) is 15.0. The molecule has 0 radical (unpaired) electrons. The minimum Gasteiger partial charge on any atom is -0.491 e. The molecule has 1 fully saturated rings. The third-order valence-corrected chi connectivity index (χ3v) is 6.75. The van der Waals surface area contributed by atoms with Crippen molar-refractivity contribution in [2.24, 2.45) is 0 Å². The van der Waals surface area contributed by atoms with Gasteiger partial charge >= 0.3 is 0 Å². The predicted molar refractivity (Wildman–Crippen MR) is 126 cm³/mol. The van der Waals surface area contributed by atoms with Crippen LogP contribution in [0.15, 0.2) is 18.2 Å². The van der Waals surface area contributed by atoms with Crippen molar-refractivity contribution in [3.05, 3.63) is 33.1 Å². The van der Waals surface area contributed by atoms with Crippen LogP contribution >= 0.6 is 34.5 Å². The molecule has 2 aromatic heterocycles. The van der Waals surface area contributed by atoms with E-state index in [-0.39, 0.29) is 11.9 Å². The van der Waals surface area contributed by atoms with Gasteiger partial charge in [-0.25, -0.2) is 9.97 Å². The molecule has 1 saturated heterocycles. The SMILES string of the molecule is CCNC(=O)c1cc2c(-c3cc(OCCN4CCCC4)c(Cl)cc3Cl)nc(N)nc2s1. The summed E-state index contributed by atoms with van der Waals surface area (Å²) < 4.78 is 5.97. The van der Waals surface area contributed by atoms with E-state index >= 15 is 0 Å². The number of carbonyl (C=O) groups is 1. The van der Waals surface area contributed by atoms with E-state index in [0.29, 0.717) is 55.3 Å². The molecule has 0 bridgehead atoms. The molecule has 164 valence electrons. The van der Waals surface area contributed by atoms with Crippen molar-refractivity contribution in [2.75, 3.05) is 38.5 Å². The summed E-state index contributed by atoms with van der Waals surface area (Å²) >= 11 is 14.2. The number of nitrogens with zero attached hydrogens (tertiary/aromatic N) is 3. The van der Waals surface area contributed by atoms with Gasteiger partial charge in [0.05, 0.1) is 20.6 Å². The largest absolute Gasteiger partial charge is 0.491 e. The Morgan fingerprint density at radius 3 is 2.74 bits per heavy atom. The minimum absolute atomic E-state index is 0.106. The van der Waals surface area contributed by atoms with E-state index in [0.717, 1.165) is 19.6 Å². The number of nitrogens with one attached hydrogen (secondary N) is 1. The van der Waals surface area contributed by atoms with Gasteiger partial charge in [-0.15, -0.1) is 11.3 Å². The van der Waals surface area contributed by atoms with Crippen LogP contribution in [-0.2, 0) is 0 Å². The number of likely N-dealkylation sites (tertiary alicyclic amines) is 1. The zero-order chi connectivity index (χ0) is 22.0. The fourth-order valence-corrected chi connectivity index (χ4v) is 5.10. The van der Waals surface area contributed by atoms with Crippen LogP contribution in [0.4, 0.5) is 5.95 Å². The van der Waals surface area contributed by atoms with Gasteiger partial charge in [0, 0.05) is 24.0 Å². The summed E-state index contributed by atoms with van der Waals surface area (Å²) in [5.74, 6) is 0.474. The zero-order valence-electron chi connectivity index (χ0n) is 17.1. The summed E-state index contributed by atoms with van der Waals surface area (Å²) in [6.45, 7) is 5.99. The molecule has 1 aliphatic heterocycles. The molecule has 0 saturated carbocycles. The maximum Gasteiger partial charge on any atom is 0.261 e. The molecule has 7 nitrogen and oxygen atoms in total. The number of benzene rings is 1. The summed E-state index contributed by atoms with van der Waals surface area (Å²) in [6, 6.07) is 5.18. The van der Waals surface area contributed by atoms with Crippen molar-refractivity contribution in [1.29, 1.82) is 0 Å². The van der Waals surface area contributed by atoms with Gasteiger partial charge in [0.15, 0.2) is 0 Å². The number of thiophene rings is 1. The molecule has 0 atom stereocenters. The summed E-state index contributed by atoms with van der Waals surface area (Å²) in [7, 11) is 0. The second kappa shape index (κ2) is 9.56. The number of hydrogen-bond donors (Lipinski definition) is 2. The first-order valence-electron chi connectivity index (χ1n) is 10.2. The summed E-state index contributed by atoms with van der Waals surface area (Å²) in [6.07, 6.45) is 2.46. The lowest BCUT2D eigenvalue weighted by atomic mass is 10.1. The van der Waals surface area contributed by atoms with Gasteiger partial charge in [0.1, 0.15) is 17.2 Å². The highest BCUT2D eigenvalue weighted by Gasteiger charge is 2.20. The molecular formula is C21H23Cl2N5O2S. The second-order valence-corrected chi connectivity index (χ2v) is 9.12. The lowest BCUT2D eigenvalue weighted by Gasteiger charge is -2.16. The van der Waals surface area contributed by atoms with Gasteiger partial charge in [0.25, 0.3) is 5.91 Å². The highest BCUT2D eigenvalue weighted by atomic mass is 35.5. The quantitative estimate of drug-likeness (QED) is 0.518. The molecule has 1 aromatic carbocycles. The smallest absolute Gasteiger partial charge is 0.261 e. The predicted octanol–water partition coefficient (Wildman–Crippen LogP) is 4.47. The van der Waals surface area contributed by atoms with Gasteiger partial charge in [0.2, 0.25) is 5.95 Å². The van der Waals surface area contributed by atoms with Crippen LogP contribution in [0.3, 0.4) is 0 Å². The Labute approximate surface area is 194 Å². The molecule has 1 aliphatic rings. The van der Waals surface area contributed by atoms with E-state index in [4.69, 9.17) is 33.7 Å². The number of halogens is 2. The number of anilines is 1. The monoisotopic (exact) mass is 479 g/mol. The highest BCUT2D eigenvalue weighted by Crippen LogP contribution is 2.40. The normalized spacial score (nSPS) is 14.3. The topological polar surface area (TPSA) is 93.4 Å². The van der Waals surface area contributed by atoms with Crippen LogP contribution in [0.5, 0.6) is 5.75 Å². The van der Waals surface area contributed by atoms with Crippen LogP contribution < -0.4 is 15.8 Å². The Morgan fingerprint density at radius 2 is 2.00 bits per heavy atom. The number of nitrogens with two attached hydrogens (primary N) is 1. The van der Waals surface area contributed by atoms with Crippen molar-refractivity contribution in [3.8, 4) is 17.0 Å². The maximum absolute atomic E-state index is 12.3. The van der Waals surface area contributed by atoms with E-state index in [1.54, 1.807) is 18.2 Å². The van der Waals surface area contributed by atoms with E-state index < -0.39 is 0 Å². The number of carbonyl (C=O) groups excluding carboxylic acids is 1. The molecule has 10 heteroatoms. The van der Waals surface area contributed by atoms with E-state index in [9.17, 15) is 4.79 Å². The molecule has 0 unspecified atom stereocenters.